The third-order valence-corrected chi connectivity index (χ3v) is 3.66. The number of nitrogens with one attached hydrogen (secondary N) is 1. The van der Waals surface area contributed by atoms with E-state index >= 15 is 0 Å². The number of rotatable bonds is 3. The smallest absolute Gasteiger partial charge is 0.254 e. The summed E-state index contributed by atoms with van der Waals surface area (Å²) in [6.45, 7) is 3.01. The number of carbonyl (C=O) groups is 1. The normalized spacial score (nSPS) is 23.6. The van der Waals surface area contributed by atoms with Crippen LogP contribution in [0.25, 0.3) is 0 Å². The molecule has 1 heterocycles. The molecular formula is C13H17ClN2O. The Morgan fingerprint density at radius 1 is 1.59 bits per heavy atom. The first-order valence-electron chi connectivity index (χ1n) is 6.05. The molecule has 0 aromatic carbocycles. The maximum absolute atomic E-state index is 11.9. The number of halogens is 1. The summed E-state index contributed by atoms with van der Waals surface area (Å²) in [5.41, 5.74) is 0.459. The summed E-state index contributed by atoms with van der Waals surface area (Å²) >= 11 is 5.87. The lowest BCUT2D eigenvalue weighted by atomic mass is 10.1. The Labute approximate surface area is 107 Å². The van der Waals surface area contributed by atoms with Crippen molar-refractivity contribution in [3.05, 3.63) is 29.0 Å². The highest BCUT2D eigenvalue weighted by molar-refractivity contribution is 6.32. The second-order valence-corrected chi connectivity index (χ2v) is 5.19. The average Bonchev–Trinajstić information content (AvgIpc) is 2.73. The number of pyridine rings is 1. The number of hydrogen-bond acceptors (Lipinski definition) is 2. The first-order chi connectivity index (χ1) is 8.16. The average molecular weight is 253 g/mol. The number of nitrogens with zero attached hydrogens (tertiary/aromatic N) is 1. The Kier molecular flexibility index (Phi) is 4.00. The fourth-order valence-electron chi connectivity index (χ4n) is 2.40. The minimum atomic E-state index is -0.123. The Morgan fingerprint density at radius 2 is 2.41 bits per heavy atom. The third-order valence-electron chi connectivity index (χ3n) is 3.36. The molecule has 17 heavy (non-hydrogen) atoms. The van der Waals surface area contributed by atoms with Crippen LogP contribution < -0.4 is 5.32 Å². The molecule has 0 aliphatic heterocycles. The molecule has 0 radical (unpaired) electrons. The Morgan fingerprint density at radius 3 is 3.06 bits per heavy atom. The number of aromatic nitrogens is 1. The highest BCUT2D eigenvalue weighted by atomic mass is 35.5. The quantitative estimate of drug-likeness (QED) is 0.841. The predicted molar refractivity (Wildman–Crippen MR) is 68.1 cm³/mol. The molecule has 0 saturated heterocycles. The molecule has 4 heteroatoms. The molecule has 2 unspecified atom stereocenters. The van der Waals surface area contributed by atoms with Crippen molar-refractivity contribution in [1.29, 1.82) is 0 Å². The summed E-state index contributed by atoms with van der Waals surface area (Å²) in [6.07, 6.45) is 5.27. The summed E-state index contributed by atoms with van der Waals surface area (Å²) in [6, 6.07) is 3.42. The molecule has 1 fully saturated rings. The maximum Gasteiger partial charge on any atom is 0.254 e. The van der Waals surface area contributed by atoms with E-state index in [1.54, 1.807) is 18.3 Å². The lowest BCUT2D eigenvalue weighted by Crippen LogP contribution is -2.28. The summed E-state index contributed by atoms with van der Waals surface area (Å²) < 4.78 is 0. The van der Waals surface area contributed by atoms with Gasteiger partial charge in [-0.2, -0.15) is 0 Å². The molecule has 2 atom stereocenters. The van der Waals surface area contributed by atoms with E-state index in [0.717, 1.165) is 12.5 Å². The van der Waals surface area contributed by atoms with Gasteiger partial charge in [0, 0.05) is 12.7 Å². The zero-order valence-electron chi connectivity index (χ0n) is 9.95. The van der Waals surface area contributed by atoms with Gasteiger partial charge >= 0.3 is 0 Å². The maximum atomic E-state index is 11.9. The van der Waals surface area contributed by atoms with Crippen molar-refractivity contribution in [2.24, 2.45) is 11.8 Å². The summed E-state index contributed by atoms with van der Waals surface area (Å²) in [5, 5.41) is 3.21. The van der Waals surface area contributed by atoms with E-state index in [4.69, 9.17) is 11.6 Å². The van der Waals surface area contributed by atoms with Gasteiger partial charge in [0.1, 0.15) is 5.15 Å². The SMILES string of the molecule is CC1CCC(CNC(=O)c2cccnc2Cl)C1. The van der Waals surface area contributed by atoms with E-state index in [9.17, 15) is 4.79 Å². The number of amides is 1. The van der Waals surface area contributed by atoms with Gasteiger partial charge in [-0.15, -0.1) is 0 Å². The Balaban J connectivity index is 1.88. The molecular weight excluding hydrogens is 236 g/mol. The van der Waals surface area contributed by atoms with Gasteiger partial charge in [0.05, 0.1) is 5.56 Å². The fraction of sp³-hybridized carbons (Fsp3) is 0.538. The summed E-state index contributed by atoms with van der Waals surface area (Å²) in [4.78, 5) is 15.8. The van der Waals surface area contributed by atoms with Crippen LogP contribution in [0.4, 0.5) is 0 Å². The number of hydrogen-bond donors (Lipinski definition) is 1. The van der Waals surface area contributed by atoms with Crippen molar-refractivity contribution in [1.82, 2.24) is 10.3 Å². The third kappa shape index (κ3) is 3.19. The van der Waals surface area contributed by atoms with Crippen LogP contribution in [0.2, 0.25) is 5.15 Å². The van der Waals surface area contributed by atoms with E-state index in [0.29, 0.717) is 11.5 Å². The van der Waals surface area contributed by atoms with Gasteiger partial charge in [-0.1, -0.05) is 24.9 Å². The molecule has 92 valence electrons. The molecule has 1 aromatic rings. The first kappa shape index (κ1) is 12.4. The van der Waals surface area contributed by atoms with Gasteiger partial charge in [0.15, 0.2) is 0 Å². The van der Waals surface area contributed by atoms with Crippen molar-refractivity contribution in [2.75, 3.05) is 6.54 Å². The number of carbonyl (C=O) groups excluding carboxylic acids is 1. The standard InChI is InChI=1S/C13H17ClN2O/c1-9-4-5-10(7-9)8-16-13(17)11-3-2-6-15-12(11)14/h2-3,6,9-10H,4-5,7-8H2,1H3,(H,16,17). The molecule has 0 bridgehead atoms. The van der Waals surface area contributed by atoms with E-state index in [1.165, 1.54) is 19.3 Å². The van der Waals surface area contributed by atoms with Gasteiger partial charge in [-0.05, 0) is 36.8 Å². The van der Waals surface area contributed by atoms with Crippen LogP contribution >= 0.6 is 11.6 Å². The lowest BCUT2D eigenvalue weighted by Gasteiger charge is -2.11. The molecule has 2 rings (SSSR count). The summed E-state index contributed by atoms with van der Waals surface area (Å²) in [5.74, 6) is 1.28. The van der Waals surface area contributed by atoms with Crippen molar-refractivity contribution in [3.8, 4) is 0 Å². The van der Waals surface area contributed by atoms with Crippen LogP contribution in [0.15, 0.2) is 18.3 Å². The van der Waals surface area contributed by atoms with E-state index in [2.05, 4.69) is 17.2 Å². The molecule has 1 aromatic heterocycles. The van der Waals surface area contributed by atoms with Crippen molar-refractivity contribution >= 4 is 17.5 Å². The van der Waals surface area contributed by atoms with Gasteiger partial charge in [-0.25, -0.2) is 4.98 Å². The minimum Gasteiger partial charge on any atom is -0.352 e. The zero-order chi connectivity index (χ0) is 12.3. The van der Waals surface area contributed by atoms with E-state index in [-0.39, 0.29) is 11.1 Å². The van der Waals surface area contributed by atoms with Crippen LogP contribution in [0.1, 0.15) is 36.5 Å². The van der Waals surface area contributed by atoms with Crippen LogP contribution in [-0.2, 0) is 0 Å². The van der Waals surface area contributed by atoms with Gasteiger partial charge < -0.3 is 5.32 Å². The second kappa shape index (κ2) is 5.50. The van der Waals surface area contributed by atoms with E-state index < -0.39 is 0 Å². The Bertz CT molecular complexity index is 408. The van der Waals surface area contributed by atoms with Crippen LogP contribution in [-0.4, -0.2) is 17.4 Å². The monoisotopic (exact) mass is 252 g/mol. The molecule has 1 amide bonds. The van der Waals surface area contributed by atoms with Crippen molar-refractivity contribution < 1.29 is 4.79 Å². The largest absolute Gasteiger partial charge is 0.352 e. The molecule has 1 aliphatic carbocycles. The molecule has 3 nitrogen and oxygen atoms in total. The van der Waals surface area contributed by atoms with Crippen molar-refractivity contribution in [3.63, 3.8) is 0 Å². The zero-order valence-corrected chi connectivity index (χ0v) is 10.7. The highest BCUT2D eigenvalue weighted by Crippen LogP contribution is 2.29. The predicted octanol–water partition coefficient (Wildman–Crippen LogP) is 2.90. The van der Waals surface area contributed by atoms with E-state index in [1.807, 2.05) is 0 Å². The Hall–Kier alpha value is -1.09. The fourth-order valence-corrected chi connectivity index (χ4v) is 2.60. The van der Waals surface area contributed by atoms with Gasteiger partial charge in [-0.3, -0.25) is 4.79 Å². The topological polar surface area (TPSA) is 42.0 Å². The molecule has 1 saturated carbocycles. The van der Waals surface area contributed by atoms with Gasteiger partial charge in [0.25, 0.3) is 5.91 Å². The highest BCUT2D eigenvalue weighted by Gasteiger charge is 2.22. The minimum absolute atomic E-state index is 0.123. The van der Waals surface area contributed by atoms with Gasteiger partial charge in [0.2, 0.25) is 0 Å². The molecule has 1 N–H and O–H groups in total. The first-order valence-corrected chi connectivity index (χ1v) is 6.43. The van der Waals surface area contributed by atoms with Crippen LogP contribution in [0.3, 0.4) is 0 Å². The van der Waals surface area contributed by atoms with Crippen LogP contribution in [0.5, 0.6) is 0 Å². The second-order valence-electron chi connectivity index (χ2n) is 4.84. The molecule has 1 aliphatic rings. The molecule has 0 spiro atoms. The van der Waals surface area contributed by atoms with Crippen molar-refractivity contribution in [2.45, 2.75) is 26.2 Å². The summed E-state index contributed by atoms with van der Waals surface area (Å²) in [7, 11) is 0. The van der Waals surface area contributed by atoms with Crippen LogP contribution in [0, 0.1) is 11.8 Å². The lowest BCUT2D eigenvalue weighted by molar-refractivity contribution is 0.0947.